The lowest BCUT2D eigenvalue weighted by atomic mass is 9.86. The molecule has 1 aliphatic rings. The van der Waals surface area contributed by atoms with Crippen molar-refractivity contribution in [3.05, 3.63) is 69.5 Å². The molecule has 1 fully saturated rings. The smallest absolute Gasteiger partial charge is 0.270 e. The van der Waals surface area contributed by atoms with E-state index in [0.29, 0.717) is 6.54 Å². The number of nitrogens with zero attached hydrogens (tertiary/aromatic N) is 1. The topological polar surface area (TPSA) is 110 Å². The summed E-state index contributed by atoms with van der Waals surface area (Å²) < 4.78 is 13.2. The van der Waals surface area contributed by atoms with Crippen LogP contribution in [0.2, 0.25) is 0 Å². The van der Waals surface area contributed by atoms with E-state index in [4.69, 9.17) is 5.73 Å². The molecule has 0 spiro atoms. The highest BCUT2D eigenvalue weighted by atomic mass is 19.1. The summed E-state index contributed by atoms with van der Waals surface area (Å²) in [7, 11) is 0. The maximum absolute atomic E-state index is 13.2. The second-order valence-electron chi connectivity index (χ2n) is 6.26. The van der Waals surface area contributed by atoms with E-state index in [-0.39, 0.29) is 34.7 Å². The van der Waals surface area contributed by atoms with E-state index in [1.807, 2.05) is 0 Å². The van der Waals surface area contributed by atoms with E-state index < -0.39 is 10.8 Å². The lowest BCUT2D eigenvalue weighted by Crippen LogP contribution is -2.50. The van der Waals surface area contributed by atoms with Crippen LogP contribution in [0.5, 0.6) is 0 Å². The van der Waals surface area contributed by atoms with E-state index in [2.05, 4.69) is 10.6 Å². The first kappa shape index (κ1) is 17.8. The highest BCUT2D eigenvalue weighted by molar-refractivity contribution is 6.00. The van der Waals surface area contributed by atoms with Gasteiger partial charge in [-0.05, 0) is 36.7 Å². The summed E-state index contributed by atoms with van der Waals surface area (Å²) in [5.41, 5.74) is 6.81. The minimum atomic E-state index is -0.570. The number of carbonyl (C=O) groups excluding carboxylic acids is 1. The Balaban J connectivity index is 1.81. The summed E-state index contributed by atoms with van der Waals surface area (Å²) in [5.74, 6) is -0.764. The minimum Gasteiger partial charge on any atom is -0.398 e. The Morgan fingerprint density at radius 1 is 1.27 bits per heavy atom. The normalized spacial score (nSPS) is 19.7. The third-order valence-corrected chi connectivity index (χ3v) is 4.59. The van der Waals surface area contributed by atoms with Gasteiger partial charge in [0.1, 0.15) is 5.82 Å². The molecule has 1 aliphatic heterocycles. The fraction of sp³-hybridized carbons (Fsp3) is 0.278. The number of rotatable bonds is 4. The number of nitrogens with two attached hydrogens (primary N) is 1. The molecular weight excluding hydrogens is 339 g/mol. The molecule has 0 aliphatic carbocycles. The number of anilines is 1. The lowest BCUT2D eigenvalue weighted by molar-refractivity contribution is -0.384. The Morgan fingerprint density at radius 2 is 2.00 bits per heavy atom. The number of non-ortho nitro benzene ring substituents is 1. The molecule has 1 saturated heterocycles. The highest BCUT2D eigenvalue weighted by Gasteiger charge is 2.29. The molecule has 0 saturated carbocycles. The van der Waals surface area contributed by atoms with E-state index in [0.717, 1.165) is 18.5 Å². The van der Waals surface area contributed by atoms with Gasteiger partial charge in [-0.3, -0.25) is 14.9 Å². The van der Waals surface area contributed by atoms with Crippen LogP contribution in [0.25, 0.3) is 0 Å². The van der Waals surface area contributed by atoms with Gasteiger partial charge < -0.3 is 16.4 Å². The maximum Gasteiger partial charge on any atom is 0.270 e. The van der Waals surface area contributed by atoms with Gasteiger partial charge in [0, 0.05) is 36.3 Å². The SMILES string of the molecule is Nc1ccc([N+](=O)[O-])cc1C(=O)NC1CNCCC1c1ccc(F)cc1. The van der Waals surface area contributed by atoms with Crippen LogP contribution >= 0.6 is 0 Å². The van der Waals surface area contributed by atoms with Gasteiger partial charge in [-0.2, -0.15) is 0 Å². The van der Waals surface area contributed by atoms with Crippen LogP contribution in [0.1, 0.15) is 28.3 Å². The number of nitrogens with one attached hydrogen (secondary N) is 2. The molecule has 136 valence electrons. The Morgan fingerprint density at radius 3 is 2.69 bits per heavy atom. The van der Waals surface area contributed by atoms with Crippen LogP contribution in [-0.2, 0) is 0 Å². The Hall–Kier alpha value is -3.00. The average molecular weight is 358 g/mol. The van der Waals surface area contributed by atoms with E-state index in [9.17, 15) is 19.3 Å². The standard InChI is InChI=1S/C18H19FN4O3/c19-12-3-1-11(2-4-12)14-7-8-21-10-17(14)22-18(24)15-9-13(23(25)26)5-6-16(15)20/h1-6,9,14,17,21H,7-8,10,20H2,(H,22,24). The summed E-state index contributed by atoms with van der Waals surface area (Å²) in [6, 6.07) is 9.77. The number of nitrogen functional groups attached to an aromatic ring is 1. The molecule has 7 nitrogen and oxygen atoms in total. The fourth-order valence-corrected chi connectivity index (χ4v) is 3.22. The number of amides is 1. The van der Waals surface area contributed by atoms with Gasteiger partial charge in [-0.1, -0.05) is 12.1 Å². The second-order valence-corrected chi connectivity index (χ2v) is 6.26. The first-order valence-electron chi connectivity index (χ1n) is 8.26. The molecule has 2 aromatic carbocycles. The minimum absolute atomic E-state index is 0.0146. The third kappa shape index (κ3) is 3.80. The second kappa shape index (κ2) is 7.49. The summed E-state index contributed by atoms with van der Waals surface area (Å²) in [5, 5.41) is 17.1. The zero-order valence-electron chi connectivity index (χ0n) is 13.9. The molecule has 0 bridgehead atoms. The quantitative estimate of drug-likeness (QED) is 0.441. The largest absolute Gasteiger partial charge is 0.398 e. The van der Waals surface area contributed by atoms with Gasteiger partial charge in [0.2, 0.25) is 0 Å². The van der Waals surface area contributed by atoms with Crippen molar-refractivity contribution in [3.8, 4) is 0 Å². The van der Waals surface area contributed by atoms with Crippen molar-refractivity contribution in [2.24, 2.45) is 0 Å². The lowest BCUT2D eigenvalue weighted by Gasteiger charge is -2.33. The first-order chi connectivity index (χ1) is 12.5. The molecule has 2 aromatic rings. The average Bonchev–Trinajstić information content (AvgIpc) is 2.63. The number of nitro groups is 1. The summed E-state index contributed by atoms with van der Waals surface area (Å²) in [6.07, 6.45) is 0.779. The van der Waals surface area contributed by atoms with E-state index in [1.165, 1.54) is 30.3 Å². The maximum atomic E-state index is 13.2. The fourth-order valence-electron chi connectivity index (χ4n) is 3.22. The molecular formula is C18H19FN4O3. The van der Waals surface area contributed by atoms with Gasteiger partial charge >= 0.3 is 0 Å². The molecule has 0 aromatic heterocycles. The number of hydrogen-bond acceptors (Lipinski definition) is 5. The number of nitro benzene ring substituents is 1. The van der Waals surface area contributed by atoms with Crippen LogP contribution in [-0.4, -0.2) is 30.0 Å². The summed E-state index contributed by atoms with van der Waals surface area (Å²) in [4.78, 5) is 23.0. The van der Waals surface area contributed by atoms with Crippen LogP contribution in [0.15, 0.2) is 42.5 Å². The van der Waals surface area contributed by atoms with Crippen molar-refractivity contribution in [2.75, 3.05) is 18.8 Å². The molecule has 1 amide bonds. The molecule has 2 atom stereocenters. The zero-order chi connectivity index (χ0) is 18.7. The van der Waals surface area contributed by atoms with E-state index >= 15 is 0 Å². The Labute approximate surface area is 149 Å². The highest BCUT2D eigenvalue weighted by Crippen LogP contribution is 2.27. The monoisotopic (exact) mass is 358 g/mol. The van der Waals surface area contributed by atoms with Gasteiger partial charge in [0.05, 0.1) is 10.5 Å². The van der Waals surface area contributed by atoms with Crippen LogP contribution in [0.3, 0.4) is 0 Å². The zero-order valence-corrected chi connectivity index (χ0v) is 13.9. The molecule has 8 heteroatoms. The molecule has 4 N–H and O–H groups in total. The van der Waals surface area contributed by atoms with Crippen molar-refractivity contribution in [3.63, 3.8) is 0 Å². The third-order valence-electron chi connectivity index (χ3n) is 4.59. The number of benzene rings is 2. The number of halogens is 1. The van der Waals surface area contributed by atoms with Gasteiger partial charge in [-0.25, -0.2) is 4.39 Å². The molecule has 3 rings (SSSR count). The number of hydrogen-bond donors (Lipinski definition) is 3. The Bertz CT molecular complexity index is 826. The van der Waals surface area contributed by atoms with Gasteiger partial charge in [0.15, 0.2) is 0 Å². The van der Waals surface area contributed by atoms with Crippen molar-refractivity contribution in [1.82, 2.24) is 10.6 Å². The Kier molecular flexibility index (Phi) is 5.13. The predicted octanol–water partition coefficient (Wildman–Crippen LogP) is 2.19. The van der Waals surface area contributed by atoms with E-state index in [1.54, 1.807) is 12.1 Å². The number of carbonyl (C=O) groups is 1. The molecule has 26 heavy (non-hydrogen) atoms. The number of piperidine rings is 1. The van der Waals surface area contributed by atoms with Crippen LogP contribution in [0.4, 0.5) is 15.8 Å². The van der Waals surface area contributed by atoms with Crippen molar-refractivity contribution >= 4 is 17.3 Å². The predicted molar refractivity (Wildman–Crippen MR) is 95.4 cm³/mol. The molecule has 1 heterocycles. The van der Waals surface area contributed by atoms with Crippen molar-refractivity contribution in [2.45, 2.75) is 18.4 Å². The molecule has 0 radical (unpaired) electrons. The van der Waals surface area contributed by atoms with Gasteiger partial charge in [-0.15, -0.1) is 0 Å². The first-order valence-corrected chi connectivity index (χ1v) is 8.26. The van der Waals surface area contributed by atoms with Crippen LogP contribution in [0, 0.1) is 15.9 Å². The van der Waals surface area contributed by atoms with Crippen molar-refractivity contribution < 1.29 is 14.1 Å². The molecule has 2 unspecified atom stereocenters. The van der Waals surface area contributed by atoms with Crippen molar-refractivity contribution in [1.29, 1.82) is 0 Å². The summed E-state index contributed by atoms with van der Waals surface area (Å²) in [6.45, 7) is 1.33. The summed E-state index contributed by atoms with van der Waals surface area (Å²) >= 11 is 0. The van der Waals surface area contributed by atoms with Crippen LogP contribution < -0.4 is 16.4 Å². The van der Waals surface area contributed by atoms with Gasteiger partial charge in [0.25, 0.3) is 11.6 Å².